The molecule has 0 saturated heterocycles. The van der Waals surface area contributed by atoms with Crippen LogP contribution in [0.15, 0.2) is 42.7 Å². The highest BCUT2D eigenvalue weighted by Crippen LogP contribution is 2.24. The first kappa shape index (κ1) is 10.8. The van der Waals surface area contributed by atoms with Crippen molar-refractivity contribution in [3.05, 3.63) is 54.1 Å². The van der Waals surface area contributed by atoms with Crippen molar-refractivity contribution in [2.24, 2.45) is 0 Å². The van der Waals surface area contributed by atoms with Crippen LogP contribution in [0.2, 0.25) is 0 Å². The summed E-state index contributed by atoms with van der Waals surface area (Å²) in [6.45, 7) is 4.12. The Morgan fingerprint density at radius 1 is 1.00 bits per heavy atom. The maximum atomic E-state index is 13.5. The number of rotatable bonds is 2. The molecule has 0 fully saturated rings. The summed E-state index contributed by atoms with van der Waals surface area (Å²) in [6, 6.07) is 8.96. The minimum Gasteiger partial charge on any atom is -0.265 e. The summed E-state index contributed by atoms with van der Waals surface area (Å²) in [4.78, 5) is 3.96. The van der Waals surface area contributed by atoms with Gasteiger partial charge in [-0.05, 0) is 46.9 Å². The fraction of sp³-hybridized carbons (Fsp3) is 0.214. The number of pyridine rings is 1. The summed E-state index contributed by atoms with van der Waals surface area (Å²) in [5.74, 6) is 0.147. The molecule has 2 aromatic rings. The number of halogens is 1. The molecule has 0 unspecified atom stereocenters. The van der Waals surface area contributed by atoms with E-state index in [0.717, 1.165) is 16.7 Å². The molecule has 0 N–H and O–H groups in total. The lowest BCUT2D eigenvalue weighted by atomic mass is 9.98. The highest BCUT2D eigenvalue weighted by Gasteiger charge is 2.05. The van der Waals surface area contributed by atoms with Gasteiger partial charge in [0.05, 0.1) is 0 Å². The van der Waals surface area contributed by atoms with Gasteiger partial charge in [-0.25, -0.2) is 4.39 Å². The first-order chi connectivity index (χ1) is 7.66. The van der Waals surface area contributed by atoms with Crippen LogP contribution < -0.4 is 0 Å². The molecule has 82 valence electrons. The van der Waals surface area contributed by atoms with Crippen molar-refractivity contribution in [3.63, 3.8) is 0 Å². The van der Waals surface area contributed by atoms with Crippen LogP contribution in [0.3, 0.4) is 0 Å². The van der Waals surface area contributed by atoms with E-state index in [4.69, 9.17) is 0 Å². The van der Waals surface area contributed by atoms with Crippen molar-refractivity contribution in [1.82, 2.24) is 4.98 Å². The van der Waals surface area contributed by atoms with E-state index in [1.807, 2.05) is 18.2 Å². The van der Waals surface area contributed by atoms with Crippen LogP contribution in [-0.4, -0.2) is 4.98 Å². The van der Waals surface area contributed by atoms with Crippen molar-refractivity contribution >= 4 is 0 Å². The lowest BCUT2D eigenvalue weighted by Gasteiger charge is -2.09. The molecule has 0 aliphatic heterocycles. The first-order valence-electron chi connectivity index (χ1n) is 5.37. The predicted octanol–water partition coefficient (Wildman–Crippen LogP) is 4.01. The minimum atomic E-state index is -0.182. The minimum absolute atomic E-state index is 0.182. The molecule has 1 nitrogen and oxygen atoms in total. The Morgan fingerprint density at radius 3 is 2.31 bits per heavy atom. The third-order valence-electron chi connectivity index (χ3n) is 2.60. The van der Waals surface area contributed by atoms with Gasteiger partial charge in [0.1, 0.15) is 5.82 Å². The number of benzene rings is 1. The van der Waals surface area contributed by atoms with Crippen molar-refractivity contribution in [2.75, 3.05) is 0 Å². The van der Waals surface area contributed by atoms with Gasteiger partial charge in [0.2, 0.25) is 0 Å². The zero-order valence-electron chi connectivity index (χ0n) is 9.44. The summed E-state index contributed by atoms with van der Waals surface area (Å²) in [7, 11) is 0. The number of hydrogen-bond acceptors (Lipinski definition) is 1. The molecule has 0 radical (unpaired) electrons. The molecule has 2 heteroatoms. The molecular formula is C14H14FN. The normalized spacial score (nSPS) is 10.8. The summed E-state index contributed by atoms with van der Waals surface area (Å²) < 4.78 is 13.5. The van der Waals surface area contributed by atoms with Crippen molar-refractivity contribution in [3.8, 4) is 11.1 Å². The van der Waals surface area contributed by atoms with Crippen LogP contribution in [0, 0.1) is 5.82 Å². The van der Waals surface area contributed by atoms with Gasteiger partial charge >= 0.3 is 0 Å². The van der Waals surface area contributed by atoms with E-state index >= 15 is 0 Å². The average molecular weight is 215 g/mol. The molecule has 0 spiro atoms. The monoisotopic (exact) mass is 215 g/mol. The summed E-state index contributed by atoms with van der Waals surface area (Å²) in [5.41, 5.74) is 2.93. The van der Waals surface area contributed by atoms with Crippen LogP contribution in [0.5, 0.6) is 0 Å². The Labute approximate surface area is 95.0 Å². The molecule has 0 aliphatic carbocycles. The van der Waals surface area contributed by atoms with Gasteiger partial charge in [0, 0.05) is 12.4 Å². The van der Waals surface area contributed by atoms with Crippen LogP contribution >= 0.6 is 0 Å². The SMILES string of the molecule is CC(C)c1cc(F)cc(-c2ccncc2)c1. The molecule has 0 bridgehead atoms. The van der Waals surface area contributed by atoms with E-state index in [1.165, 1.54) is 0 Å². The van der Waals surface area contributed by atoms with Crippen LogP contribution in [0.25, 0.3) is 11.1 Å². The van der Waals surface area contributed by atoms with E-state index in [2.05, 4.69) is 18.8 Å². The molecule has 16 heavy (non-hydrogen) atoms. The number of hydrogen-bond donors (Lipinski definition) is 0. The first-order valence-corrected chi connectivity index (χ1v) is 5.37. The maximum absolute atomic E-state index is 13.5. The van der Waals surface area contributed by atoms with E-state index in [-0.39, 0.29) is 5.82 Å². The lowest BCUT2D eigenvalue weighted by Crippen LogP contribution is -1.90. The van der Waals surface area contributed by atoms with Gasteiger partial charge in [-0.2, -0.15) is 0 Å². The molecule has 1 heterocycles. The maximum Gasteiger partial charge on any atom is 0.124 e. The van der Waals surface area contributed by atoms with Gasteiger partial charge in [-0.15, -0.1) is 0 Å². The van der Waals surface area contributed by atoms with E-state index < -0.39 is 0 Å². The van der Waals surface area contributed by atoms with E-state index in [0.29, 0.717) is 5.92 Å². The highest BCUT2D eigenvalue weighted by atomic mass is 19.1. The topological polar surface area (TPSA) is 12.9 Å². The molecule has 1 aromatic carbocycles. The fourth-order valence-electron chi connectivity index (χ4n) is 1.66. The number of aromatic nitrogens is 1. The second-order valence-corrected chi connectivity index (χ2v) is 4.16. The standard InChI is InChI=1S/C14H14FN/c1-10(2)12-7-13(9-14(15)8-12)11-3-5-16-6-4-11/h3-10H,1-2H3. The average Bonchev–Trinajstić information content (AvgIpc) is 2.29. The molecule has 0 saturated carbocycles. The predicted molar refractivity (Wildman–Crippen MR) is 63.7 cm³/mol. The number of nitrogens with zero attached hydrogens (tertiary/aromatic N) is 1. The Hall–Kier alpha value is -1.70. The molecule has 0 amide bonds. The van der Waals surface area contributed by atoms with Gasteiger partial charge in [-0.3, -0.25) is 4.98 Å². The van der Waals surface area contributed by atoms with Crippen molar-refractivity contribution in [2.45, 2.75) is 19.8 Å². The summed E-state index contributed by atoms with van der Waals surface area (Å²) in [6.07, 6.45) is 3.44. The summed E-state index contributed by atoms with van der Waals surface area (Å²) in [5, 5.41) is 0. The Kier molecular flexibility index (Phi) is 3.00. The Morgan fingerprint density at radius 2 is 1.69 bits per heavy atom. The van der Waals surface area contributed by atoms with Gasteiger partial charge in [0.15, 0.2) is 0 Å². The molecule has 1 aromatic heterocycles. The third kappa shape index (κ3) is 2.27. The molecule has 0 atom stereocenters. The van der Waals surface area contributed by atoms with E-state index in [1.54, 1.807) is 24.5 Å². The smallest absolute Gasteiger partial charge is 0.124 e. The van der Waals surface area contributed by atoms with Crippen LogP contribution in [-0.2, 0) is 0 Å². The fourth-order valence-corrected chi connectivity index (χ4v) is 1.66. The zero-order chi connectivity index (χ0) is 11.5. The van der Waals surface area contributed by atoms with Gasteiger partial charge in [-0.1, -0.05) is 19.9 Å². The largest absolute Gasteiger partial charge is 0.265 e. The second-order valence-electron chi connectivity index (χ2n) is 4.16. The van der Waals surface area contributed by atoms with Crippen molar-refractivity contribution < 1.29 is 4.39 Å². The lowest BCUT2D eigenvalue weighted by molar-refractivity contribution is 0.624. The summed E-state index contributed by atoms with van der Waals surface area (Å²) >= 11 is 0. The van der Waals surface area contributed by atoms with Crippen LogP contribution in [0.4, 0.5) is 4.39 Å². The second kappa shape index (κ2) is 4.44. The van der Waals surface area contributed by atoms with Crippen LogP contribution in [0.1, 0.15) is 25.3 Å². The van der Waals surface area contributed by atoms with E-state index in [9.17, 15) is 4.39 Å². The third-order valence-corrected chi connectivity index (χ3v) is 2.60. The molecular weight excluding hydrogens is 201 g/mol. The van der Waals surface area contributed by atoms with Gasteiger partial charge < -0.3 is 0 Å². The highest BCUT2D eigenvalue weighted by molar-refractivity contribution is 5.63. The van der Waals surface area contributed by atoms with Gasteiger partial charge in [0.25, 0.3) is 0 Å². The quantitative estimate of drug-likeness (QED) is 0.737. The van der Waals surface area contributed by atoms with Crippen molar-refractivity contribution in [1.29, 1.82) is 0 Å². The zero-order valence-corrected chi connectivity index (χ0v) is 9.44. The Balaban J connectivity index is 2.50. The Bertz CT molecular complexity index is 477. The molecule has 2 rings (SSSR count). The molecule has 0 aliphatic rings.